The highest BCUT2D eigenvalue weighted by Crippen LogP contribution is 2.19. The molecule has 0 radical (unpaired) electrons. The van der Waals surface area contributed by atoms with Gasteiger partial charge in [-0.1, -0.05) is 24.6 Å². The Kier molecular flexibility index (Phi) is 11.7. The number of nitrogens with two attached hydrogens (primary N) is 3. The van der Waals surface area contributed by atoms with Crippen molar-refractivity contribution in [2.24, 2.45) is 17.2 Å². The number of nitrogens with one attached hydrogen (secondary N) is 1. The van der Waals surface area contributed by atoms with Crippen molar-refractivity contribution in [3.63, 3.8) is 0 Å². The van der Waals surface area contributed by atoms with Gasteiger partial charge in [-0.3, -0.25) is 14.5 Å². The van der Waals surface area contributed by atoms with Gasteiger partial charge in [0, 0.05) is 5.69 Å². The van der Waals surface area contributed by atoms with E-state index in [1.54, 1.807) is 37.3 Å². The zero-order chi connectivity index (χ0) is 22.5. The third-order valence-electron chi connectivity index (χ3n) is 4.89. The van der Waals surface area contributed by atoms with Crippen molar-refractivity contribution < 1.29 is 19.5 Å². The number of para-hydroxylation sites is 1. The number of amides is 2. The molecule has 0 fully saturated rings. The van der Waals surface area contributed by atoms with Gasteiger partial charge in [0.05, 0.1) is 6.04 Å². The second-order valence-corrected chi connectivity index (χ2v) is 7.29. The molecule has 0 saturated heterocycles. The summed E-state index contributed by atoms with van der Waals surface area (Å²) in [6, 6.07) is 5.98. The maximum atomic E-state index is 13.1. The van der Waals surface area contributed by atoms with Crippen LogP contribution < -0.4 is 27.4 Å². The van der Waals surface area contributed by atoms with Crippen molar-refractivity contribution in [1.82, 2.24) is 5.32 Å². The van der Waals surface area contributed by atoms with Crippen molar-refractivity contribution in [3.05, 3.63) is 30.3 Å². The molecule has 3 atom stereocenters. The Morgan fingerprint density at radius 2 is 1.57 bits per heavy atom. The molecule has 3 unspecified atom stereocenters. The van der Waals surface area contributed by atoms with Crippen LogP contribution in [0.2, 0.25) is 0 Å². The highest BCUT2D eigenvalue weighted by molar-refractivity contribution is 6.03. The molecule has 0 aliphatic carbocycles. The molecule has 0 aliphatic rings. The van der Waals surface area contributed by atoms with Gasteiger partial charge < -0.3 is 27.6 Å². The summed E-state index contributed by atoms with van der Waals surface area (Å²) in [6.45, 7) is 2.53. The standard InChI is InChI=1S/C21H35N5O4/c1-15(19(27)25-18(21(29)30)12-6-8-14-23)26(16-9-3-2-4-10-16)20(28)17(24)11-5-7-13-22/h2-4,9-10,15,17-18H,5-8,11-14,22-24H2,1H3,(H,25,27)(H,29,30). The highest BCUT2D eigenvalue weighted by atomic mass is 16.4. The Morgan fingerprint density at radius 3 is 2.10 bits per heavy atom. The first kappa shape index (κ1) is 25.5. The molecule has 0 aromatic heterocycles. The van der Waals surface area contributed by atoms with Gasteiger partial charge in [0.2, 0.25) is 11.8 Å². The van der Waals surface area contributed by atoms with Crippen molar-refractivity contribution >= 4 is 23.5 Å². The van der Waals surface area contributed by atoms with Crippen molar-refractivity contribution in [3.8, 4) is 0 Å². The van der Waals surface area contributed by atoms with E-state index >= 15 is 0 Å². The Hall–Kier alpha value is -2.49. The van der Waals surface area contributed by atoms with Crippen molar-refractivity contribution in [2.75, 3.05) is 18.0 Å². The van der Waals surface area contributed by atoms with Gasteiger partial charge in [0.15, 0.2) is 0 Å². The minimum Gasteiger partial charge on any atom is -0.480 e. The van der Waals surface area contributed by atoms with E-state index in [-0.39, 0.29) is 6.42 Å². The fraction of sp³-hybridized carbons (Fsp3) is 0.571. The molecule has 8 N–H and O–H groups in total. The average molecular weight is 422 g/mol. The Labute approximate surface area is 178 Å². The predicted octanol–water partition coefficient (Wildman–Crippen LogP) is 0.563. The molecule has 2 amide bonds. The lowest BCUT2D eigenvalue weighted by Crippen LogP contribution is -2.55. The fourth-order valence-electron chi connectivity index (χ4n) is 3.10. The first-order valence-corrected chi connectivity index (χ1v) is 10.4. The van der Waals surface area contributed by atoms with Gasteiger partial charge in [-0.15, -0.1) is 0 Å². The van der Waals surface area contributed by atoms with Crippen LogP contribution in [0.1, 0.15) is 45.4 Å². The molecule has 1 rings (SSSR count). The number of rotatable bonds is 14. The Bertz CT molecular complexity index is 671. The lowest BCUT2D eigenvalue weighted by Gasteiger charge is -2.31. The van der Waals surface area contributed by atoms with Crippen LogP contribution >= 0.6 is 0 Å². The third-order valence-corrected chi connectivity index (χ3v) is 4.89. The molecule has 168 valence electrons. The molecule has 9 nitrogen and oxygen atoms in total. The minimum atomic E-state index is -1.12. The molecule has 9 heteroatoms. The number of carbonyl (C=O) groups is 3. The zero-order valence-electron chi connectivity index (χ0n) is 17.6. The summed E-state index contributed by atoms with van der Waals surface area (Å²) in [7, 11) is 0. The highest BCUT2D eigenvalue weighted by Gasteiger charge is 2.32. The van der Waals surface area contributed by atoms with Crippen molar-refractivity contribution in [1.29, 1.82) is 0 Å². The molecule has 0 spiro atoms. The molecular weight excluding hydrogens is 386 g/mol. The zero-order valence-corrected chi connectivity index (χ0v) is 17.6. The smallest absolute Gasteiger partial charge is 0.326 e. The molecular formula is C21H35N5O4. The third kappa shape index (κ3) is 8.10. The van der Waals surface area contributed by atoms with E-state index in [1.165, 1.54) is 4.90 Å². The van der Waals surface area contributed by atoms with Crippen LogP contribution in [0.5, 0.6) is 0 Å². The largest absolute Gasteiger partial charge is 0.480 e. The minimum absolute atomic E-state index is 0.267. The number of nitrogens with zero attached hydrogens (tertiary/aromatic N) is 1. The summed E-state index contributed by atoms with van der Waals surface area (Å²) in [5.74, 6) is -2.07. The maximum Gasteiger partial charge on any atom is 0.326 e. The summed E-state index contributed by atoms with van der Waals surface area (Å²) in [4.78, 5) is 38.8. The van der Waals surface area contributed by atoms with E-state index in [1.807, 2.05) is 0 Å². The maximum absolute atomic E-state index is 13.1. The normalized spacial score (nSPS) is 13.9. The number of unbranched alkanes of at least 4 members (excludes halogenated alkanes) is 2. The van der Waals surface area contributed by atoms with E-state index in [4.69, 9.17) is 17.2 Å². The molecule has 0 saturated carbocycles. The summed E-state index contributed by atoms with van der Waals surface area (Å²) in [5, 5.41) is 12.0. The Balaban J connectivity index is 2.98. The number of carboxylic acid groups (broad SMARTS) is 1. The van der Waals surface area contributed by atoms with Gasteiger partial charge in [0.25, 0.3) is 0 Å². The predicted molar refractivity (Wildman–Crippen MR) is 117 cm³/mol. The Morgan fingerprint density at radius 1 is 1.00 bits per heavy atom. The molecule has 30 heavy (non-hydrogen) atoms. The quantitative estimate of drug-likeness (QED) is 0.274. The SMILES string of the molecule is CC(C(=O)NC(CCCCN)C(=O)O)N(C(=O)C(N)CCCCN)c1ccccc1. The summed E-state index contributed by atoms with van der Waals surface area (Å²) in [5.41, 5.74) is 17.6. The number of carboxylic acids is 1. The van der Waals surface area contributed by atoms with Crippen LogP contribution in [0.3, 0.4) is 0 Å². The number of benzene rings is 1. The molecule has 0 bridgehead atoms. The van der Waals surface area contributed by atoms with Gasteiger partial charge in [-0.25, -0.2) is 4.79 Å². The monoisotopic (exact) mass is 421 g/mol. The van der Waals surface area contributed by atoms with Crippen LogP contribution in [-0.4, -0.2) is 54.1 Å². The van der Waals surface area contributed by atoms with Crippen LogP contribution in [-0.2, 0) is 14.4 Å². The molecule has 1 aromatic carbocycles. The number of hydrogen-bond acceptors (Lipinski definition) is 6. The van der Waals surface area contributed by atoms with Gasteiger partial charge in [-0.05, 0) is 64.3 Å². The first-order valence-electron chi connectivity index (χ1n) is 10.4. The van der Waals surface area contributed by atoms with Gasteiger partial charge in [-0.2, -0.15) is 0 Å². The second-order valence-electron chi connectivity index (χ2n) is 7.29. The molecule has 1 aromatic rings. The van der Waals surface area contributed by atoms with Gasteiger partial charge in [0.1, 0.15) is 12.1 Å². The first-order chi connectivity index (χ1) is 14.3. The average Bonchev–Trinajstić information content (AvgIpc) is 2.73. The van der Waals surface area contributed by atoms with E-state index in [0.29, 0.717) is 44.5 Å². The van der Waals surface area contributed by atoms with Crippen LogP contribution in [0.25, 0.3) is 0 Å². The number of anilines is 1. The molecule has 0 aliphatic heterocycles. The molecule has 0 heterocycles. The van der Waals surface area contributed by atoms with E-state index in [2.05, 4.69) is 5.32 Å². The fourth-order valence-corrected chi connectivity index (χ4v) is 3.10. The van der Waals surface area contributed by atoms with Crippen LogP contribution in [0.15, 0.2) is 30.3 Å². The summed E-state index contributed by atoms with van der Waals surface area (Å²) >= 11 is 0. The van der Waals surface area contributed by atoms with E-state index < -0.39 is 35.9 Å². The number of hydrogen-bond donors (Lipinski definition) is 5. The summed E-state index contributed by atoms with van der Waals surface area (Å²) in [6.07, 6.45) is 3.42. The second kappa shape index (κ2) is 13.7. The van der Waals surface area contributed by atoms with E-state index in [0.717, 1.165) is 6.42 Å². The van der Waals surface area contributed by atoms with Crippen LogP contribution in [0.4, 0.5) is 5.69 Å². The van der Waals surface area contributed by atoms with E-state index in [9.17, 15) is 19.5 Å². The lowest BCUT2D eigenvalue weighted by atomic mass is 10.1. The number of aliphatic carboxylic acids is 1. The van der Waals surface area contributed by atoms with Crippen LogP contribution in [0, 0.1) is 0 Å². The summed E-state index contributed by atoms with van der Waals surface area (Å²) < 4.78 is 0. The topological polar surface area (TPSA) is 165 Å². The van der Waals surface area contributed by atoms with Crippen molar-refractivity contribution in [2.45, 2.75) is 63.6 Å². The van der Waals surface area contributed by atoms with Gasteiger partial charge >= 0.3 is 5.97 Å². The number of carbonyl (C=O) groups excluding carboxylic acids is 2. The lowest BCUT2D eigenvalue weighted by molar-refractivity contribution is -0.142.